The van der Waals surface area contributed by atoms with Gasteiger partial charge in [-0.05, 0) is 46.3 Å². The lowest BCUT2D eigenvalue weighted by Crippen LogP contribution is -2.26. The molecule has 0 fully saturated rings. The van der Waals surface area contributed by atoms with Gasteiger partial charge in [-0.25, -0.2) is 0 Å². The van der Waals surface area contributed by atoms with Gasteiger partial charge >= 0.3 is 0 Å². The van der Waals surface area contributed by atoms with Crippen LogP contribution >= 0.6 is 11.3 Å². The second-order valence-electron chi connectivity index (χ2n) is 5.13. The molecular weight excluding hydrogens is 260 g/mol. The van der Waals surface area contributed by atoms with Gasteiger partial charge in [0, 0.05) is 17.0 Å². The van der Waals surface area contributed by atoms with Gasteiger partial charge in [-0.3, -0.25) is 4.79 Å². The fraction of sp³-hybridized carbons (Fsp3) is 0.643. The van der Waals surface area contributed by atoms with Crippen LogP contribution in [0.5, 0.6) is 5.75 Å². The van der Waals surface area contributed by atoms with Crippen LogP contribution in [0.25, 0.3) is 0 Å². The number of rotatable bonds is 6. The van der Waals surface area contributed by atoms with Crippen molar-refractivity contribution in [3.05, 3.63) is 15.3 Å². The molecule has 106 valence electrons. The van der Waals surface area contributed by atoms with E-state index >= 15 is 0 Å². The Bertz CT molecular complexity index is 455. The van der Waals surface area contributed by atoms with Crippen molar-refractivity contribution in [2.24, 2.45) is 0 Å². The number of hydrogen-bond donors (Lipinski definition) is 1. The van der Waals surface area contributed by atoms with E-state index in [0.717, 1.165) is 36.4 Å². The smallest absolute Gasteiger partial charge is 0.265 e. The molecule has 4 nitrogen and oxygen atoms in total. The number of fused-ring (bicyclic) bond motifs is 1. The summed E-state index contributed by atoms with van der Waals surface area (Å²) in [5.41, 5.74) is 1.26. The number of carbonyl (C=O) groups excluding carboxylic acids is 1. The van der Waals surface area contributed by atoms with Crippen LogP contribution in [0.2, 0.25) is 0 Å². The minimum Gasteiger partial charge on any atom is -0.495 e. The number of amides is 1. The lowest BCUT2D eigenvalue weighted by atomic mass is 10.2. The third-order valence-corrected chi connectivity index (χ3v) is 4.62. The largest absolute Gasteiger partial charge is 0.495 e. The molecule has 0 atom stereocenters. The molecule has 0 unspecified atom stereocenters. The second-order valence-corrected chi connectivity index (χ2v) is 6.24. The minimum absolute atomic E-state index is 0.00926. The van der Waals surface area contributed by atoms with Crippen LogP contribution in [0.3, 0.4) is 0 Å². The lowest BCUT2D eigenvalue weighted by Gasteiger charge is -2.10. The fourth-order valence-electron chi connectivity index (χ4n) is 2.42. The van der Waals surface area contributed by atoms with E-state index in [9.17, 15) is 4.79 Å². The molecule has 0 aromatic carbocycles. The summed E-state index contributed by atoms with van der Waals surface area (Å²) in [7, 11) is 5.73. The van der Waals surface area contributed by atoms with Crippen LogP contribution < -0.4 is 10.1 Å². The first kappa shape index (κ1) is 14.3. The Kier molecular flexibility index (Phi) is 4.82. The van der Waals surface area contributed by atoms with E-state index in [1.54, 1.807) is 18.4 Å². The van der Waals surface area contributed by atoms with Crippen molar-refractivity contribution in [1.82, 2.24) is 10.2 Å². The predicted octanol–water partition coefficient (Wildman–Crippen LogP) is 1.93. The van der Waals surface area contributed by atoms with Gasteiger partial charge in [0.15, 0.2) is 0 Å². The summed E-state index contributed by atoms with van der Waals surface area (Å²) in [4.78, 5) is 16.4. The van der Waals surface area contributed by atoms with Crippen LogP contribution in [0.4, 0.5) is 0 Å². The van der Waals surface area contributed by atoms with Crippen molar-refractivity contribution >= 4 is 17.2 Å². The van der Waals surface area contributed by atoms with Gasteiger partial charge in [0.25, 0.3) is 5.91 Å². The molecule has 0 radical (unpaired) electrons. The van der Waals surface area contributed by atoms with Gasteiger partial charge in [0.05, 0.1) is 7.11 Å². The third-order valence-electron chi connectivity index (χ3n) is 3.35. The highest BCUT2D eigenvalue weighted by Crippen LogP contribution is 2.40. The Morgan fingerprint density at radius 1 is 1.42 bits per heavy atom. The summed E-state index contributed by atoms with van der Waals surface area (Å²) in [6.45, 7) is 1.70. The first-order valence-electron chi connectivity index (χ1n) is 6.75. The molecule has 0 saturated heterocycles. The Morgan fingerprint density at radius 3 is 2.89 bits per heavy atom. The predicted molar refractivity (Wildman–Crippen MR) is 78.4 cm³/mol. The van der Waals surface area contributed by atoms with Crippen molar-refractivity contribution in [2.45, 2.75) is 25.7 Å². The number of ether oxygens (including phenoxy) is 1. The Balaban J connectivity index is 1.96. The van der Waals surface area contributed by atoms with Gasteiger partial charge in [0.2, 0.25) is 0 Å². The number of methoxy groups -OCH3 is 1. The quantitative estimate of drug-likeness (QED) is 0.811. The summed E-state index contributed by atoms with van der Waals surface area (Å²) >= 11 is 1.60. The number of hydrogen-bond acceptors (Lipinski definition) is 4. The number of carbonyl (C=O) groups is 1. The molecule has 5 heteroatoms. The summed E-state index contributed by atoms with van der Waals surface area (Å²) < 4.78 is 5.44. The summed E-state index contributed by atoms with van der Waals surface area (Å²) in [5.74, 6) is 0.817. The highest BCUT2D eigenvalue weighted by Gasteiger charge is 2.26. The van der Waals surface area contributed by atoms with Crippen molar-refractivity contribution in [1.29, 1.82) is 0 Å². The summed E-state index contributed by atoms with van der Waals surface area (Å²) in [6, 6.07) is 0. The Hall–Kier alpha value is -1.07. The number of aryl methyl sites for hydroxylation is 1. The van der Waals surface area contributed by atoms with Gasteiger partial charge in [-0.2, -0.15) is 0 Å². The maximum atomic E-state index is 12.2. The summed E-state index contributed by atoms with van der Waals surface area (Å²) in [6.07, 6.45) is 4.28. The molecule has 1 aromatic heterocycles. The van der Waals surface area contributed by atoms with Gasteiger partial charge in [-0.15, -0.1) is 11.3 Å². The topological polar surface area (TPSA) is 41.6 Å². The van der Waals surface area contributed by atoms with E-state index in [4.69, 9.17) is 4.74 Å². The first-order chi connectivity index (χ1) is 9.13. The molecule has 1 heterocycles. The molecule has 1 N–H and O–H groups in total. The molecule has 1 amide bonds. The number of thiophene rings is 1. The van der Waals surface area contributed by atoms with Crippen LogP contribution in [0.1, 0.15) is 33.0 Å². The van der Waals surface area contributed by atoms with Gasteiger partial charge in [0.1, 0.15) is 10.6 Å². The maximum absolute atomic E-state index is 12.2. The molecule has 0 saturated carbocycles. The van der Waals surface area contributed by atoms with Crippen LogP contribution in [0.15, 0.2) is 0 Å². The van der Waals surface area contributed by atoms with E-state index in [-0.39, 0.29) is 5.91 Å². The Labute approximate surface area is 118 Å². The Morgan fingerprint density at radius 2 is 2.21 bits per heavy atom. The third kappa shape index (κ3) is 3.28. The van der Waals surface area contributed by atoms with E-state index in [2.05, 4.69) is 10.2 Å². The highest BCUT2D eigenvalue weighted by atomic mass is 32.1. The van der Waals surface area contributed by atoms with E-state index in [1.807, 2.05) is 14.1 Å². The van der Waals surface area contributed by atoms with Crippen LogP contribution in [-0.2, 0) is 12.8 Å². The molecule has 0 aliphatic heterocycles. The zero-order valence-corrected chi connectivity index (χ0v) is 12.7. The maximum Gasteiger partial charge on any atom is 0.265 e. The highest BCUT2D eigenvalue weighted by molar-refractivity contribution is 7.14. The molecule has 2 rings (SSSR count). The van der Waals surface area contributed by atoms with Crippen LogP contribution in [-0.4, -0.2) is 45.1 Å². The summed E-state index contributed by atoms with van der Waals surface area (Å²) in [5, 5.41) is 2.98. The molecule has 0 spiro atoms. The molecule has 1 aromatic rings. The lowest BCUT2D eigenvalue weighted by molar-refractivity contribution is 0.0953. The normalized spacial score (nSPS) is 13.7. The standard InChI is InChI=1S/C14H22N2O2S/c1-16(2)9-5-8-15-14(17)13-12(18-3)10-6-4-7-11(10)19-13/h4-9H2,1-3H3,(H,15,17). The number of nitrogens with zero attached hydrogens (tertiary/aromatic N) is 1. The first-order valence-corrected chi connectivity index (χ1v) is 7.56. The van der Waals surface area contributed by atoms with Crippen molar-refractivity contribution < 1.29 is 9.53 Å². The second kappa shape index (κ2) is 6.39. The van der Waals surface area contributed by atoms with Gasteiger partial charge < -0.3 is 15.0 Å². The van der Waals surface area contributed by atoms with Crippen molar-refractivity contribution in [3.8, 4) is 5.75 Å². The monoisotopic (exact) mass is 282 g/mol. The minimum atomic E-state index is 0.00926. The van der Waals surface area contributed by atoms with E-state index in [1.165, 1.54) is 16.9 Å². The molecular formula is C14H22N2O2S. The van der Waals surface area contributed by atoms with Crippen molar-refractivity contribution in [3.63, 3.8) is 0 Å². The number of nitrogens with one attached hydrogen (secondary N) is 1. The van der Waals surface area contributed by atoms with Crippen LogP contribution in [0, 0.1) is 0 Å². The van der Waals surface area contributed by atoms with Crippen molar-refractivity contribution in [2.75, 3.05) is 34.3 Å². The van der Waals surface area contributed by atoms with E-state index < -0.39 is 0 Å². The van der Waals surface area contributed by atoms with Gasteiger partial charge in [-0.1, -0.05) is 0 Å². The molecule has 1 aliphatic carbocycles. The fourth-order valence-corrected chi connectivity index (χ4v) is 3.69. The zero-order chi connectivity index (χ0) is 13.8. The average molecular weight is 282 g/mol. The average Bonchev–Trinajstić information content (AvgIpc) is 2.93. The van der Waals surface area contributed by atoms with E-state index in [0.29, 0.717) is 6.54 Å². The molecule has 1 aliphatic rings. The molecule has 19 heavy (non-hydrogen) atoms. The zero-order valence-electron chi connectivity index (χ0n) is 11.9. The molecule has 0 bridgehead atoms. The SMILES string of the molecule is COc1c(C(=O)NCCCN(C)C)sc2c1CCC2.